The van der Waals surface area contributed by atoms with E-state index >= 15 is 0 Å². The summed E-state index contributed by atoms with van der Waals surface area (Å²) in [5.74, 6) is 1.38. The van der Waals surface area contributed by atoms with Crippen LogP contribution in [0.3, 0.4) is 0 Å². The molecule has 0 aromatic heterocycles. The number of benzene rings is 2. The van der Waals surface area contributed by atoms with Crippen molar-refractivity contribution in [2.45, 2.75) is 6.10 Å². The molecule has 1 unspecified atom stereocenters. The van der Waals surface area contributed by atoms with E-state index in [-0.39, 0.29) is 13.2 Å². The molecule has 0 bridgehead atoms. The normalized spacial score (nSPS) is 11.7. The van der Waals surface area contributed by atoms with Crippen LogP contribution in [0.1, 0.15) is 0 Å². The van der Waals surface area contributed by atoms with Crippen molar-refractivity contribution < 1.29 is 19.7 Å². The molecule has 0 aliphatic heterocycles. The summed E-state index contributed by atoms with van der Waals surface area (Å²) < 4.78 is 5.65. The molecule has 0 saturated heterocycles. The molecular formula is C16H17NO4. The molecule has 2 N–H and O–H groups in total. The number of hydrogen-bond acceptors (Lipinski definition) is 4. The van der Waals surface area contributed by atoms with Gasteiger partial charge in [-0.05, 0) is 36.4 Å². The van der Waals surface area contributed by atoms with Gasteiger partial charge in [-0.1, -0.05) is 18.2 Å². The van der Waals surface area contributed by atoms with Crippen LogP contribution in [0, 0.1) is 0 Å². The van der Waals surface area contributed by atoms with Crippen molar-refractivity contribution in [3.63, 3.8) is 0 Å². The molecule has 0 heterocycles. The number of ether oxygens (including phenoxy) is 1. The number of carbonyl (C=O) groups is 1. The molecule has 1 amide bonds. The lowest BCUT2D eigenvalue weighted by Crippen LogP contribution is -2.33. The highest BCUT2D eigenvalue weighted by Gasteiger charge is 2.11. The van der Waals surface area contributed by atoms with E-state index in [1.807, 2.05) is 30.3 Å². The van der Waals surface area contributed by atoms with Gasteiger partial charge in [-0.15, -0.1) is 0 Å². The Bertz CT molecular complexity index is 556. The second kappa shape index (κ2) is 7.42. The Morgan fingerprint density at radius 2 is 1.67 bits per heavy atom. The highest BCUT2D eigenvalue weighted by atomic mass is 16.5. The van der Waals surface area contributed by atoms with E-state index < -0.39 is 6.10 Å². The molecule has 5 heteroatoms. The quantitative estimate of drug-likeness (QED) is 0.762. The SMILES string of the molecule is O=CN(CC(O)CO)c1ccc(Oc2ccccc2)cc1. The first-order valence-electron chi connectivity index (χ1n) is 6.56. The van der Waals surface area contributed by atoms with E-state index in [0.29, 0.717) is 17.8 Å². The van der Waals surface area contributed by atoms with Gasteiger partial charge in [-0.2, -0.15) is 0 Å². The molecule has 2 aromatic carbocycles. The topological polar surface area (TPSA) is 70.0 Å². The lowest BCUT2D eigenvalue weighted by Gasteiger charge is -2.20. The molecule has 0 spiro atoms. The van der Waals surface area contributed by atoms with Crippen LogP contribution in [-0.4, -0.2) is 35.9 Å². The minimum Gasteiger partial charge on any atom is -0.457 e. The van der Waals surface area contributed by atoms with Gasteiger partial charge in [0.1, 0.15) is 11.5 Å². The van der Waals surface area contributed by atoms with Gasteiger partial charge in [0.2, 0.25) is 6.41 Å². The number of amides is 1. The fourth-order valence-corrected chi connectivity index (χ4v) is 1.82. The summed E-state index contributed by atoms with van der Waals surface area (Å²) in [6.07, 6.45) is -0.346. The van der Waals surface area contributed by atoms with Crippen LogP contribution in [0.5, 0.6) is 11.5 Å². The Morgan fingerprint density at radius 1 is 1.05 bits per heavy atom. The summed E-state index contributed by atoms with van der Waals surface area (Å²) in [7, 11) is 0. The molecule has 5 nitrogen and oxygen atoms in total. The predicted molar refractivity (Wildman–Crippen MR) is 79.5 cm³/mol. The minimum atomic E-state index is -0.963. The number of aliphatic hydroxyl groups is 2. The third-order valence-corrected chi connectivity index (χ3v) is 2.89. The van der Waals surface area contributed by atoms with Crippen LogP contribution in [0.25, 0.3) is 0 Å². The summed E-state index contributed by atoms with van der Waals surface area (Å²) in [5.41, 5.74) is 0.623. The van der Waals surface area contributed by atoms with Gasteiger partial charge in [0.05, 0.1) is 19.3 Å². The number of para-hydroxylation sites is 1. The van der Waals surface area contributed by atoms with E-state index in [4.69, 9.17) is 9.84 Å². The summed E-state index contributed by atoms with van der Waals surface area (Å²) >= 11 is 0. The van der Waals surface area contributed by atoms with Crippen molar-refractivity contribution in [3.8, 4) is 11.5 Å². The van der Waals surface area contributed by atoms with E-state index in [9.17, 15) is 9.90 Å². The number of hydrogen-bond donors (Lipinski definition) is 2. The number of nitrogens with zero attached hydrogens (tertiary/aromatic N) is 1. The number of aliphatic hydroxyl groups excluding tert-OH is 2. The Kier molecular flexibility index (Phi) is 5.31. The Morgan fingerprint density at radius 3 is 2.24 bits per heavy atom. The zero-order valence-electron chi connectivity index (χ0n) is 11.4. The van der Waals surface area contributed by atoms with Gasteiger partial charge >= 0.3 is 0 Å². The van der Waals surface area contributed by atoms with Crippen molar-refractivity contribution >= 4 is 12.1 Å². The molecule has 110 valence electrons. The maximum atomic E-state index is 11.0. The number of anilines is 1. The first-order valence-corrected chi connectivity index (χ1v) is 6.56. The Labute approximate surface area is 123 Å². The predicted octanol–water partition coefficient (Wildman–Crippen LogP) is 1.79. The van der Waals surface area contributed by atoms with Crippen LogP contribution in [0.15, 0.2) is 54.6 Å². The first-order chi connectivity index (χ1) is 10.2. The number of rotatable bonds is 7. The molecule has 0 saturated carbocycles. The van der Waals surface area contributed by atoms with E-state index in [2.05, 4.69) is 0 Å². The van der Waals surface area contributed by atoms with Crippen LogP contribution in [-0.2, 0) is 4.79 Å². The van der Waals surface area contributed by atoms with Crippen molar-refractivity contribution in [1.29, 1.82) is 0 Å². The maximum Gasteiger partial charge on any atom is 0.214 e. The van der Waals surface area contributed by atoms with Gasteiger partial charge in [-0.25, -0.2) is 0 Å². The average molecular weight is 287 g/mol. The van der Waals surface area contributed by atoms with Crippen LogP contribution in [0.2, 0.25) is 0 Å². The number of carbonyl (C=O) groups excluding carboxylic acids is 1. The third kappa shape index (κ3) is 4.30. The van der Waals surface area contributed by atoms with Gasteiger partial charge in [0, 0.05) is 5.69 Å². The fraction of sp³-hybridized carbons (Fsp3) is 0.188. The standard InChI is InChI=1S/C16H17NO4/c18-11-14(20)10-17(12-19)13-6-8-16(9-7-13)21-15-4-2-1-3-5-15/h1-9,12,14,18,20H,10-11H2. The second-order valence-electron chi connectivity index (χ2n) is 4.50. The molecule has 0 radical (unpaired) electrons. The van der Waals surface area contributed by atoms with E-state index in [1.165, 1.54) is 4.90 Å². The van der Waals surface area contributed by atoms with Crippen molar-refractivity contribution in [3.05, 3.63) is 54.6 Å². The van der Waals surface area contributed by atoms with Gasteiger partial charge < -0.3 is 19.8 Å². The minimum absolute atomic E-state index is 0.0406. The molecule has 1 atom stereocenters. The van der Waals surface area contributed by atoms with Crippen molar-refractivity contribution in [1.82, 2.24) is 0 Å². The largest absolute Gasteiger partial charge is 0.457 e. The second-order valence-corrected chi connectivity index (χ2v) is 4.50. The molecule has 0 aliphatic carbocycles. The van der Waals surface area contributed by atoms with Crippen LogP contribution >= 0.6 is 0 Å². The molecule has 0 fully saturated rings. The van der Waals surface area contributed by atoms with Gasteiger partial charge in [0.25, 0.3) is 0 Å². The van der Waals surface area contributed by atoms with E-state index in [0.717, 1.165) is 5.75 Å². The summed E-state index contributed by atoms with van der Waals surface area (Å²) in [5, 5.41) is 18.2. The Hall–Kier alpha value is -2.37. The van der Waals surface area contributed by atoms with Gasteiger partial charge in [-0.3, -0.25) is 4.79 Å². The lowest BCUT2D eigenvalue weighted by molar-refractivity contribution is -0.107. The molecular weight excluding hydrogens is 270 g/mol. The summed E-state index contributed by atoms with van der Waals surface area (Å²) in [6, 6.07) is 16.3. The zero-order valence-corrected chi connectivity index (χ0v) is 11.4. The summed E-state index contributed by atoms with van der Waals surface area (Å²) in [6.45, 7) is -0.349. The molecule has 2 aromatic rings. The van der Waals surface area contributed by atoms with Crippen molar-refractivity contribution in [2.24, 2.45) is 0 Å². The Balaban J connectivity index is 2.05. The smallest absolute Gasteiger partial charge is 0.214 e. The lowest BCUT2D eigenvalue weighted by atomic mass is 10.2. The monoisotopic (exact) mass is 287 g/mol. The zero-order chi connectivity index (χ0) is 15.1. The maximum absolute atomic E-state index is 11.0. The van der Waals surface area contributed by atoms with Crippen LogP contribution < -0.4 is 9.64 Å². The highest BCUT2D eigenvalue weighted by Crippen LogP contribution is 2.23. The highest BCUT2D eigenvalue weighted by molar-refractivity contribution is 5.75. The van der Waals surface area contributed by atoms with Crippen LogP contribution in [0.4, 0.5) is 5.69 Å². The molecule has 0 aliphatic rings. The fourth-order valence-electron chi connectivity index (χ4n) is 1.82. The van der Waals surface area contributed by atoms with E-state index in [1.54, 1.807) is 24.3 Å². The van der Waals surface area contributed by atoms with Gasteiger partial charge in [0.15, 0.2) is 0 Å². The third-order valence-electron chi connectivity index (χ3n) is 2.89. The first kappa shape index (κ1) is 15.0. The summed E-state index contributed by atoms with van der Waals surface area (Å²) in [4.78, 5) is 12.4. The van der Waals surface area contributed by atoms with Crippen molar-refractivity contribution in [2.75, 3.05) is 18.1 Å². The molecule has 2 rings (SSSR count). The average Bonchev–Trinajstić information content (AvgIpc) is 2.54. The molecule has 21 heavy (non-hydrogen) atoms.